The maximum Gasteiger partial charge on any atom is 0.325 e. The van der Waals surface area contributed by atoms with E-state index in [-0.39, 0.29) is 12.5 Å². The molecule has 1 unspecified atom stereocenters. The van der Waals surface area contributed by atoms with E-state index in [1.54, 1.807) is 24.3 Å². The second-order valence-corrected chi connectivity index (χ2v) is 7.44. The van der Waals surface area contributed by atoms with E-state index in [2.05, 4.69) is 10.6 Å². The number of methoxy groups -OCH3 is 1. The Bertz CT molecular complexity index is 1010. The summed E-state index contributed by atoms with van der Waals surface area (Å²) in [5.41, 5.74) is 0.777. The van der Waals surface area contributed by atoms with Crippen LogP contribution in [0, 0.1) is 11.7 Å². The first-order valence-electron chi connectivity index (χ1n) is 10.3. The van der Waals surface area contributed by atoms with Crippen LogP contribution in [0.3, 0.4) is 0 Å². The van der Waals surface area contributed by atoms with Gasteiger partial charge >= 0.3 is 12.0 Å². The van der Waals surface area contributed by atoms with Gasteiger partial charge in [-0.15, -0.1) is 0 Å². The average molecular weight is 457 g/mol. The van der Waals surface area contributed by atoms with Crippen molar-refractivity contribution >= 4 is 29.5 Å². The summed E-state index contributed by atoms with van der Waals surface area (Å²) in [5.74, 6) is -2.14. The maximum atomic E-state index is 13.1. The fourth-order valence-corrected chi connectivity index (χ4v) is 3.38. The number of carbonyl (C=O) groups is 4. The molecule has 174 valence electrons. The van der Waals surface area contributed by atoms with Crippen LogP contribution in [0.1, 0.15) is 23.2 Å². The van der Waals surface area contributed by atoms with Gasteiger partial charge in [-0.25, -0.2) is 9.18 Å². The Morgan fingerprint density at radius 1 is 1.06 bits per heavy atom. The van der Waals surface area contributed by atoms with Gasteiger partial charge < -0.3 is 19.7 Å². The second kappa shape index (κ2) is 11.1. The van der Waals surface area contributed by atoms with Crippen molar-refractivity contribution in [3.8, 4) is 5.75 Å². The molecule has 1 fully saturated rings. The van der Waals surface area contributed by atoms with E-state index >= 15 is 0 Å². The Morgan fingerprint density at radius 3 is 2.42 bits per heavy atom. The van der Waals surface area contributed by atoms with E-state index in [4.69, 9.17) is 9.47 Å². The van der Waals surface area contributed by atoms with Gasteiger partial charge in [0.05, 0.1) is 13.0 Å². The predicted molar refractivity (Wildman–Crippen MR) is 116 cm³/mol. The molecule has 4 amide bonds. The Morgan fingerprint density at radius 2 is 1.76 bits per heavy atom. The number of nitrogens with zero attached hydrogens (tertiary/aromatic N) is 1. The molecular weight excluding hydrogens is 433 g/mol. The Balaban J connectivity index is 1.44. The number of benzene rings is 2. The van der Waals surface area contributed by atoms with Gasteiger partial charge in [-0.2, -0.15) is 0 Å². The SMILES string of the molecule is COc1ccc(NC(=O)NC(=O)COC(=O)C2CCCN(C(=O)c3ccc(F)cc3)C2)cc1. The zero-order chi connectivity index (χ0) is 23.8. The summed E-state index contributed by atoms with van der Waals surface area (Å²) in [6, 6.07) is 10.9. The third kappa shape index (κ3) is 6.76. The van der Waals surface area contributed by atoms with Crippen LogP contribution < -0.4 is 15.4 Å². The first kappa shape index (κ1) is 23.7. The number of halogens is 1. The smallest absolute Gasteiger partial charge is 0.325 e. The molecule has 1 saturated heterocycles. The molecule has 9 nitrogen and oxygen atoms in total. The van der Waals surface area contributed by atoms with Crippen molar-refractivity contribution in [3.05, 3.63) is 59.9 Å². The zero-order valence-corrected chi connectivity index (χ0v) is 18.0. The van der Waals surface area contributed by atoms with Crippen LogP contribution in [0.15, 0.2) is 48.5 Å². The lowest BCUT2D eigenvalue weighted by atomic mass is 9.97. The topological polar surface area (TPSA) is 114 Å². The highest BCUT2D eigenvalue weighted by molar-refractivity contribution is 6.02. The molecule has 1 heterocycles. The third-order valence-corrected chi connectivity index (χ3v) is 5.08. The molecule has 0 aliphatic carbocycles. The van der Waals surface area contributed by atoms with Gasteiger partial charge in [0.25, 0.3) is 11.8 Å². The van der Waals surface area contributed by atoms with E-state index in [9.17, 15) is 23.6 Å². The highest BCUT2D eigenvalue weighted by Gasteiger charge is 2.30. The van der Waals surface area contributed by atoms with E-state index in [1.165, 1.54) is 36.3 Å². The Kier molecular flexibility index (Phi) is 7.96. The number of esters is 1. The molecule has 2 aromatic rings. The number of carbonyl (C=O) groups excluding carboxylic acids is 4. The van der Waals surface area contributed by atoms with Crippen molar-refractivity contribution in [2.45, 2.75) is 12.8 Å². The first-order chi connectivity index (χ1) is 15.9. The summed E-state index contributed by atoms with van der Waals surface area (Å²) < 4.78 is 23.1. The molecule has 0 spiro atoms. The van der Waals surface area contributed by atoms with Crippen LogP contribution in [0.2, 0.25) is 0 Å². The number of urea groups is 1. The Labute approximate surface area is 189 Å². The summed E-state index contributed by atoms with van der Waals surface area (Å²) in [4.78, 5) is 50.3. The number of amides is 4. The standard InChI is InChI=1S/C23H24FN3O6/c1-32-19-10-8-18(9-11-19)25-23(31)26-20(28)14-33-22(30)16-3-2-12-27(13-16)21(29)15-4-6-17(24)7-5-15/h4-11,16H,2-3,12-14H2,1H3,(H2,25,26,28,31). The molecule has 0 bridgehead atoms. The molecule has 3 rings (SSSR count). The van der Waals surface area contributed by atoms with Crippen LogP contribution in [0.25, 0.3) is 0 Å². The molecule has 10 heteroatoms. The number of hydrogen-bond donors (Lipinski definition) is 2. The lowest BCUT2D eigenvalue weighted by Crippen LogP contribution is -2.43. The number of ether oxygens (including phenoxy) is 2. The summed E-state index contributed by atoms with van der Waals surface area (Å²) in [7, 11) is 1.52. The van der Waals surface area contributed by atoms with Crippen LogP contribution in [-0.2, 0) is 14.3 Å². The maximum absolute atomic E-state index is 13.1. The van der Waals surface area contributed by atoms with Gasteiger partial charge in [-0.1, -0.05) is 0 Å². The molecule has 0 aromatic heterocycles. The summed E-state index contributed by atoms with van der Waals surface area (Å²) in [6.07, 6.45) is 1.09. The second-order valence-electron chi connectivity index (χ2n) is 7.44. The van der Waals surface area contributed by atoms with Crippen LogP contribution >= 0.6 is 0 Å². The van der Waals surface area contributed by atoms with E-state index in [0.29, 0.717) is 36.4 Å². The van der Waals surface area contributed by atoms with Crippen LogP contribution in [0.4, 0.5) is 14.9 Å². The molecule has 2 N–H and O–H groups in total. The molecule has 2 aromatic carbocycles. The van der Waals surface area contributed by atoms with Crippen LogP contribution in [-0.4, -0.2) is 55.5 Å². The van der Waals surface area contributed by atoms with Crippen molar-refractivity contribution in [2.75, 3.05) is 32.1 Å². The number of anilines is 1. The molecule has 1 atom stereocenters. The van der Waals surface area contributed by atoms with Crippen molar-refractivity contribution in [1.29, 1.82) is 0 Å². The van der Waals surface area contributed by atoms with Gasteiger partial charge in [0, 0.05) is 24.3 Å². The number of nitrogens with one attached hydrogen (secondary N) is 2. The fourth-order valence-electron chi connectivity index (χ4n) is 3.38. The van der Waals surface area contributed by atoms with Crippen LogP contribution in [0.5, 0.6) is 5.75 Å². The molecule has 33 heavy (non-hydrogen) atoms. The van der Waals surface area contributed by atoms with E-state index in [1.807, 2.05) is 0 Å². The van der Waals surface area contributed by atoms with E-state index in [0.717, 1.165) is 0 Å². The molecule has 1 aliphatic rings. The normalized spacial score (nSPS) is 15.3. The van der Waals surface area contributed by atoms with Crippen molar-refractivity contribution < 1.29 is 33.0 Å². The molecule has 1 aliphatic heterocycles. The average Bonchev–Trinajstić information content (AvgIpc) is 2.83. The lowest BCUT2D eigenvalue weighted by Gasteiger charge is -2.31. The Hall–Kier alpha value is -3.95. The number of hydrogen-bond acceptors (Lipinski definition) is 6. The van der Waals surface area contributed by atoms with Gasteiger partial charge in [0.1, 0.15) is 11.6 Å². The third-order valence-electron chi connectivity index (χ3n) is 5.08. The molecular formula is C23H24FN3O6. The molecule has 0 radical (unpaired) electrons. The quantitative estimate of drug-likeness (QED) is 0.645. The van der Waals surface area contributed by atoms with Gasteiger partial charge in [0.15, 0.2) is 6.61 Å². The monoisotopic (exact) mass is 457 g/mol. The first-order valence-corrected chi connectivity index (χ1v) is 10.3. The fraction of sp³-hybridized carbons (Fsp3) is 0.304. The highest BCUT2D eigenvalue weighted by atomic mass is 19.1. The largest absolute Gasteiger partial charge is 0.497 e. The lowest BCUT2D eigenvalue weighted by molar-refractivity contribution is -0.153. The summed E-state index contributed by atoms with van der Waals surface area (Å²) in [6.45, 7) is -0.0299. The minimum Gasteiger partial charge on any atom is -0.497 e. The number of likely N-dealkylation sites (tertiary alicyclic amines) is 1. The molecule has 0 saturated carbocycles. The van der Waals surface area contributed by atoms with E-state index < -0.39 is 36.2 Å². The zero-order valence-electron chi connectivity index (χ0n) is 18.0. The number of imide groups is 1. The van der Waals surface area contributed by atoms with Gasteiger partial charge in [-0.05, 0) is 61.4 Å². The minimum atomic E-state index is -0.788. The van der Waals surface area contributed by atoms with Crippen molar-refractivity contribution in [3.63, 3.8) is 0 Å². The van der Waals surface area contributed by atoms with Crippen molar-refractivity contribution in [1.82, 2.24) is 10.2 Å². The number of rotatable bonds is 6. The van der Waals surface area contributed by atoms with Gasteiger partial charge in [-0.3, -0.25) is 19.7 Å². The highest BCUT2D eigenvalue weighted by Crippen LogP contribution is 2.20. The van der Waals surface area contributed by atoms with Gasteiger partial charge in [0.2, 0.25) is 0 Å². The summed E-state index contributed by atoms with van der Waals surface area (Å²) >= 11 is 0. The summed E-state index contributed by atoms with van der Waals surface area (Å²) in [5, 5.41) is 4.55. The predicted octanol–water partition coefficient (Wildman–Crippen LogP) is 2.58. The van der Waals surface area contributed by atoms with Crippen molar-refractivity contribution in [2.24, 2.45) is 5.92 Å². The minimum absolute atomic E-state index is 0.134. The number of piperidine rings is 1.